The molecule has 0 aliphatic heterocycles. The van der Waals surface area contributed by atoms with E-state index in [4.69, 9.17) is 0 Å². The topological polar surface area (TPSA) is 72.6 Å². The first-order valence-electron chi connectivity index (χ1n) is 4.52. The molecule has 1 fully saturated rings. The van der Waals surface area contributed by atoms with Crippen molar-refractivity contribution in [1.29, 1.82) is 0 Å². The van der Waals surface area contributed by atoms with Crippen LogP contribution in [0.4, 0.5) is 5.69 Å². The molecule has 1 aromatic rings. The van der Waals surface area contributed by atoms with Gasteiger partial charge in [0.05, 0.1) is 10.5 Å². The van der Waals surface area contributed by atoms with E-state index in [9.17, 15) is 14.9 Å². The fourth-order valence-electron chi connectivity index (χ4n) is 1.56. The van der Waals surface area contributed by atoms with E-state index < -0.39 is 10.5 Å². The normalized spacial score (nSPS) is 16.5. The summed E-state index contributed by atoms with van der Waals surface area (Å²) in [4.78, 5) is 23.9. The molecule has 0 N–H and O–H groups in total. The minimum Gasteiger partial charge on any atom is -0.258 e. The molecule has 2 rings (SSSR count). The molecule has 0 unspecified atom stereocenters. The van der Waals surface area contributed by atoms with Crippen molar-refractivity contribution in [2.24, 2.45) is 4.99 Å². The second-order valence-corrected chi connectivity index (χ2v) is 3.54. The van der Waals surface area contributed by atoms with Crippen LogP contribution in [0.1, 0.15) is 18.4 Å². The average Bonchev–Trinajstić information content (AvgIpc) is 3.00. The van der Waals surface area contributed by atoms with E-state index in [0.29, 0.717) is 0 Å². The first kappa shape index (κ1) is 9.55. The van der Waals surface area contributed by atoms with E-state index in [1.54, 1.807) is 18.2 Å². The lowest BCUT2D eigenvalue weighted by molar-refractivity contribution is -0.384. The van der Waals surface area contributed by atoms with Gasteiger partial charge in [0, 0.05) is 12.1 Å². The average molecular weight is 204 g/mol. The van der Waals surface area contributed by atoms with Crippen molar-refractivity contribution in [3.8, 4) is 0 Å². The number of nitro groups is 1. The zero-order valence-electron chi connectivity index (χ0n) is 7.84. The Kier molecular flexibility index (Phi) is 2.10. The highest BCUT2D eigenvalue weighted by Gasteiger charge is 2.44. The molecule has 0 amide bonds. The molecule has 0 bridgehead atoms. The molecule has 0 radical (unpaired) electrons. The Morgan fingerprint density at radius 3 is 2.33 bits per heavy atom. The van der Waals surface area contributed by atoms with Crippen LogP contribution in [0.2, 0.25) is 0 Å². The Bertz CT molecular complexity index is 442. The molecule has 76 valence electrons. The number of nitrogens with zero attached hydrogens (tertiary/aromatic N) is 2. The molecule has 1 aliphatic rings. The smallest absolute Gasteiger partial charge is 0.258 e. The van der Waals surface area contributed by atoms with Crippen LogP contribution in [0.3, 0.4) is 0 Å². The predicted molar refractivity (Wildman–Crippen MR) is 52.1 cm³/mol. The molecule has 0 saturated heterocycles. The second kappa shape index (κ2) is 3.29. The van der Waals surface area contributed by atoms with Gasteiger partial charge < -0.3 is 0 Å². The first-order valence-corrected chi connectivity index (χ1v) is 4.52. The van der Waals surface area contributed by atoms with Gasteiger partial charge in [-0.3, -0.25) is 10.1 Å². The Balaban J connectivity index is 2.32. The zero-order chi connectivity index (χ0) is 10.9. The van der Waals surface area contributed by atoms with Gasteiger partial charge in [0.25, 0.3) is 5.69 Å². The third-order valence-electron chi connectivity index (χ3n) is 2.60. The van der Waals surface area contributed by atoms with Gasteiger partial charge in [-0.25, -0.2) is 4.79 Å². The van der Waals surface area contributed by atoms with E-state index in [0.717, 1.165) is 18.4 Å². The number of carbonyl (C=O) groups excluding carboxylic acids is 1. The van der Waals surface area contributed by atoms with Crippen LogP contribution in [-0.4, -0.2) is 11.0 Å². The molecule has 5 nitrogen and oxygen atoms in total. The Hall–Kier alpha value is -2.00. The summed E-state index contributed by atoms with van der Waals surface area (Å²) >= 11 is 0. The summed E-state index contributed by atoms with van der Waals surface area (Å²) in [5.41, 5.74) is 0.442. The minimum absolute atomic E-state index is 0.0460. The Morgan fingerprint density at radius 2 is 1.93 bits per heavy atom. The van der Waals surface area contributed by atoms with Crippen molar-refractivity contribution in [2.75, 3.05) is 0 Å². The molecule has 0 spiro atoms. The van der Waals surface area contributed by atoms with Crippen LogP contribution in [0.15, 0.2) is 29.3 Å². The van der Waals surface area contributed by atoms with E-state index in [1.807, 2.05) is 0 Å². The number of aliphatic imine (C=N–C) groups is 1. The molecular weight excluding hydrogens is 196 g/mol. The molecule has 15 heavy (non-hydrogen) atoms. The summed E-state index contributed by atoms with van der Waals surface area (Å²) in [5, 5.41) is 10.4. The van der Waals surface area contributed by atoms with E-state index in [-0.39, 0.29) is 5.69 Å². The lowest BCUT2D eigenvalue weighted by atomic mass is 10.1. The van der Waals surface area contributed by atoms with Crippen molar-refractivity contribution >= 4 is 11.8 Å². The Labute approximate surface area is 85.6 Å². The van der Waals surface area contributed by atoms with Gasteiger partial charge in [-0.2, -0.15) is 4.99 Å². The standard InChI is InChI=1S/C10H8N2O3/c13-7-11-10(5-6-10)8-1-3-9(4-2-8)12(14)15/h1-4H,5-6H2. The van der Waals surface area contributed by atoms with E-state index in [2.05, 4.69) is 4.99 Å². The second-order valence-electron chi connectivity index (χ2n) is 3.54. The number of isocyanates is 1. The van der Waals surface area contributed by atoms with Crippen LogP contribution < -0.4 is 0 Å². The highest BCUT2D eigenvalue weighted by molar-refractivity contribution is 5.43. The van der Waals surface area contributed by atoms with Crippen molar-refractivity contribution in [3.05, 3.63) is 39.9 Å². The fourth-order valence-corrected chi connectivity index (χ4v) is 1.56. The van der Waals surface area contributed by atoms with Gasteiger partial charge in [0.15, 0.2) is 0 Å². The SMILES string of the molecule is O=C=NC1(c2ccc([N+](=O)[O-])cc2)CC1. The van der Waals surface area contributed by atoms with Gasteiger partial charge in [-0.1, -0.05) is 0 Å². The third-order valence-corrected chi connectivity index (χ3v) is 2.60. The van der Waals surface area contributed by atoms with Gasteiger partial charge >= 0.3 is 0 Å². The van der Waals surface area contributed by atoms with Crippen molar-refractivity contribution in [2.45, 2.75) is 18.4 Å². The number of benzene rings is 1. The summed E-state index contributed by atoms with van der Waals surface area (Å²) in [6.45, 7) is 0. The lowest BCUT2D eigenvalue weighted by Gasteiger charge is -2.06. The quantitative estimate of drug-likeness (QED) is 0.327. The maximum absolute atomic E-state index is 10.4. The fraction of sp³-hybridized carbons (Fsp3) is 0.300. The van der Waals surface area contributed by atoms with Gasteiger partial charge in [0.1, 0.15) is 0 Å². The number of nitro benzene ring substituents is 1. The predicted octanol–water partition coefficient (Wildman–Crippen LogP) is 1.92. The summed E-state index contributed by atoms with van der Waals surface area (Å²) in [6, 6.07) is 6.14. The van der Waals surface area contributed by atoms with Crippen LogP contribution >= 0.6 is 0 Å². The van der Waals surface area contributed by atoms with Crippen molar-refractivity contribution in [3.63, 3.8) is 0 Å². The summed E-state index contributed by atoms with van der Waals surface area (Å²) in [6.07, 6.45) is 3.16. The molecule has 5 heteroatoms. The minimum atomic E-state index is -0.452. The van der Waals surface area contributed by atoms with Gasteiger partial charge in [-0.15, -0.1) is 0 Å². The van der Waals surface area contributed by atoms with Crippen LogP contribution in [0.25, 0.3) is 0 Å². The van der Waals surface area contributed by atoms with E-state index >= 15 is 0 Å². The first-order chi connectivity index (χ1) is 7.18. The van der Waals surface area contributed by atoms with Gasteiger partial charge in [0.2, 0.25) is 6.08 Å². The summed E-state index contributed by atoms with van der Waals surface area (Å²) in [5.74, 6) is 0. The van der Waals surface area contributed by atoms with Crippen LogP contribution in [0.5, 0.6) is 0 Å². The largest absolute Gasteiger partial charge is 0.269 e. The molecule has 1 aromatic carbocycles. The monoisotopic (exact) mass is 204 g/mol. The number of hydrogen-bond donors (Lipinski definition) is 0. The highest BCUT2D eigenvalue weighted by atomic mass is 16.6. The van der Waals surface area contributed by atoms with Gasteiger partial charge in [-0.05, 0) is 30.5 Å². The molecule has 0 heterocycles. The van der Waals surface area contributed by atoms with Crippen LogP contribution in [0, 0.1) is 10.1 Å². The lowest BCUT2D eigenvalue weighted by Crippen LogP contribution is -2.01. The third kappa shape index (κ3) is 1.65. The maximum atomic E-state index is 10.4. The molecule has 0 atom stereocenters. The zero-order valence-corrected chi connectivity index (χ0v) is 7.84. The number of rotatable bonds is 3. The van der Waals surface area contributed by atoms with Crippen LogP contribution in [-0.2, 0) is 10.3 Å². The summed E-state index contributed by atoms with van der Waals surface area (Å²) < 4.78 is 0. The summed E-state index contributed by atoms with van der Waals surface area (Å²) in [7, 11) is 0. The Morgan fingerprint density at radius 1 is 1.33 bits per heavy atom. The molecule has 1 aliphatic carbocycles. The highest BCUT2D eigenvalue weighted by Crippen LogP contribution is 2.49. The molecule has 0 aromatic heterocycles. The van der Waals surface area contributed by atoms with Crippen molar-refractivity contribution < 1.29 is 9.72 Å². The van der Waals surface area contributed by atoms with E-state index in [1.165, 1.54) is 12.1 Å². The number of non-ortho nitro benzene ring substituents is 1. The molecule has 1 saturated carbocycles. The molecular formula is C10H8N2O3. The maximum Gasteiger partial charge on any atom is 0.269 e. The number of hydrogen-bond acceptors (Lipinski definition) is 4. The van der Waals surface area contributed by atoms with Crippen molar-refractivity contribution in [1.82, 2.24) is 0 Å².